The Morgan fingerprint density at radius 3 is 2.04 bits per heavy atom. The quantitative estimate of drug-likeness (QED) is 0.0411. The molecule has 2 aliphatic heterocycles. The number of aliphatic carboxylic acids is 1. The van der Waals surface area contributed by atoms with Crippen LogP contribution in [-0.2, 0) is 43.5 Å². The lowest BCUT2D eigenvalue weighted by Crippen LogP contribution is -2.70. The third kappa shape index (κ3) is 11.2. The maximum atomic E-state index is 12.8. The molecule has 1 aromatic heterocycles. The molecule has 1 unspecified atom stereocenters. The van der Waals surface area contributed by atoms with Crippen molar-refractivity contribution in [3.63, 3.8) is 0 Å². The van der Waals surface area contributed by atoms with Gasteiger partial charge in [-0.25, -0.2) is 9.48 Å². The topological polar surface area (TPSA) is 229 Å². The van der Waals surface area contributed by atoms with Crippen molar-refractivity contribution in [3.05, 3.63) is 119 Å². The highest BCUT2D eigenvalue weighted by Gasteiger charge is 2.54. The van der Waals surface area contributed by atoms with E-state index in [1.54, 1.807) is 30.3 Å². The van der Waals surface area contributed by atoms with Crippen LogP contribution in [0.3, 0.4) is 0 Å². The number of aliphatic hydroxyl groups excluding tert-OH is 1. The maximum absolute atomic E-state index is 12.8. The molecule has 0 radical (unpaired) electrons. The first-order valence-electron chi connectivity index (χ1n) is 16.3. The van der Waals surface area contributed by atoms with Gasteiger partial charge >= 0.3 is 5.97 Å². The Morgan fingerprint density at radius 1 is 0.925 bits per heavy atom. The molecule has 0 aliphatic carbocycles. The zero-order valence-electron chi connectivity index (χ0n) is 28.2. The normalized spacial score (nSPS) is 17.2. The van der Waals surface area contributed by atoms with E-state index >= 15 is 0 Å². The lowest BCUT2D eigenvalue weighted by molar-refractivity contribution is -0.151. The third-order valence-electron chi connectivity index (χ3n) is 7.89. The number of aromatic nitrogens is 4. The molecule has 19 heteroatoms. The Morgan fingerprint density at radius 2 is 1.49 bits per heavy atom. The van der Waals surface area contributed by atoms with E-state index in [4.69, 9.17) is 4.55 Å². The number of β-lactam (4-membered cyclic amide) rings is 1. The Bertz CT molecular complexity index is 1940. The van der Waals surface area contributed by atoms with Crippen molar-refractivity contribution in [3.8, 4) is 0 Å². The fraction of sp³-hybridized carbons (Fsp3) is 0.294. The first-order chi connectivity index (χ1) is 25.5. The van der Waals surface area contributed by atoms with Crippen LogP contribution in [0.5, 0.6) is 0 Å². The van der Waals surface area contributed by atoms with Gasteiger partial charge in [0.2, 0.25) is 5.16 Å². The number of thioether (sulfide) groups is 2. The average Bonchev–Trinajstić information content (AvgIpc) is 3.60. The molecule has 1 fully saturated rings. The van der Waals surface area contributed by atoms with Crippen LogP contribution in [0.25, 0.3) is 0 Å². The summed E-state index contributed by atoms with van der Waals surface area (Å²) in [6.07, 6.45) is -1.48. The zero-order valence-corrected chi connectivity index (χ0v) is 30.6. The molecule has 53 heavy (non-hydrogen) atoms. The van der Waals surface area contributed by atoms with E-state index < -0.39 is 51.3 Å². The van der Waals surface area contributed by atoms with E-state index in [1.807, 2.05) is 12.1 Å². The molecule has 6 N–H and O–H groups in total. The predicted molar refractivity (Wildman–Crippen MR) is 197 cm³/mol. The summed E-state index contributed by atoms with van der Waals surface area (Å²) >= 11 is 2.17. The fourth-order valence-electron chi connectivity index (χ4n) is 5.33. The van der Waals surface area contributed by atoms with Crippen molar-refractivity contribution in [1.29, 1.82) is 0 Å². The molecule has 3 heterocycles. The molecule has 0 spiro atoms. The van der Waals surface area contributed by atoms with E-state index in [9.17, 15) is 33.0 Å². The summed E-state index contributed by atoms with van der Waals surface area (Å²) in [5.74, 6) is -3.39. The number of rotatable bonds is 16. The van der Waals surface area contributed by atoms with Gasteiger partial charge in [-0.1, -0.05) is 103 Å². The Labute approximate surface area is 314 Å². The summed E-state index contributed by atoms with van der Waals surface area (Å²) in [4.78, 5) is 38.3. The number of hydrogen-bond acceptors (Lipinski definition) is 13. The van der Waals surface area contributed by atoms with Gasteiger partial charge in [0.25, 0.3) is 21.9 Å². The molecule has 16 nitrogen and oxygen atoms in total. The summed E-state index contributed by atoms with van der Waals surface area (Å²) in [7, 11) is -4.40. The number of carboxylic acid groups (broad SMARTS) is 1. The van der Waals surface area contributed by atoms with Crippen LogP contribution < -0.4 is 16.0 Å². The second-order valence-electron chi connectivity index (χ2n) is 11.8. The van der Waals surface area contributed by atoms with Gasteiger partial charge in [-0.3, -0.25) is 19.0 Å². The van der Waals surface area contributed by atoms with Crippen LogP contribution in [0, 0.1) is 0 Å². The molecule has 0 bridgehead atoms. The zero-order chi connectivity index (χ0) is 37.8. The van der Waals surface area contributed by atoms with Crippen molar-refractivity contribution in [1.82, 2.24) is 41.1 Å². The van der Waals surface area contributed by atoms with Crippen LogP contribution in [0.1, 0.15) is 22.8 Å². The van der Waals surface area contributed by atoms with Crippen LogP contribution in [0.15, 0.2) is 107 Å². The summed E-state index contributed by atoms with van der Waals surface area (Å²) in [5.41, 5.74) is 3.15. The second-order valence-corrected chi connectivity index (χ2v) is 15.2. The highest BCUT2D eigenvalue weighted by molar-refractivity contribution is 8.01. The standard InChI is InChI=1S/C18H18N6O8S3.C16H20N2/c25-13(9-4-2-1-3-5-9)14(26)19-11-15(27)24-12(17(28)29)10(6-33-16(11)24)7-34-18-20-21-22-23(18)8-35(30,31)32;1-3-7-15(8-4-1)13-17-11-12-18-14-16-9-5-2-6-10-16/h1-5,11,13,16,25H,6-8H2,(H,19,26)(H,28,29)(H,30,31,32);1-10,17-18H,11-14H2/t11-,13?,16-;/m1./s1. The number of aliphatic hydroxyl groups is 1. The first-order valence-corrected chi connectivity index (χ1v) is 19.9. The Hall–Kier alpha value is -4.63. The van der Waals surface area contributed by atoms with Gasteiger partial charge in [0.1, 0.15) is 17.1 Å². The summed E-state index contributed by atoms with van der Waals surface area (Å²) in [6.45, 7) is 3.85. The molecule has 280 valence electrons. The number of amides is 2. The Balaban J connectivity index is 0.000000252. The van der Waals surface area contributed by atoms with Crippen LogP contribution in [-0.4, -0.2) is 102 Å². The minimum Gasteiger partial charge on any atom is -0.477 e. The summed E-state index contributed by atoms with van der Waals surface area (Å²) in [6, 6.07) is 28.1. The van der Waals surface area contributed by atoms with Crippen molar-refractivity contribution in [2.24, 2.45) is 0 Å². The SMILES string of the molecule is O=C(O)C1=C(CSc2nnnn2CS(=O)(=O)O)CS[C@@H]2[C@H](NC(=O)C(O)c3ccccc3)C(=O)N12.c1ccc(CNCCNCc2ccccc2)cc1. The summed E-state index contributed by atoms with van der Waals surface area (Å²) in [5, 5.41) is 39.2. The van der Waals surface area contributed by atoms with Crippen molar-refractivity contribution in [2.45, 2.75) is 41.6 Å². The monoisotopic (exact) mass is 782 g/mol. The molecule has 3 atom stereocenters. The number of tetrazole rings is 1. The van der Waals surface area contributed by atoms with Gasteiger partial charge in [-0.05, 0) is 32.7 Å². The van der Waals surface area contributed by atoms with E-state index in [2.05, 4.69) is 80.0 Å². The molecule has 4 aromatic rings. The van der Waals surface area contributed by atoms with Gasteiger partial charge in [-0.2, -0.15) is 8.42 Å². The van der Waals surface area contributed by atoms with Gasteiger partial charge < -0.3 is 26.2 Å². The fourth-order valence-corrected chi connectivity index (χ4v) is 8.26. The molecule has 0 saturated carbocycles. The number of carboxylic acids is 1. The third-order valence-corrected chi connectivity index (χ3v) is 10.8. The number of nitrogens with zero attached hydrogens (tertiary/aromatic N) is 5. The lowest BCUT2D eigenvalue weighted by Gasteiger charge is -2.49. The van der Waals surface area contributed by atoms with Crippen LogP contribution in [0.4, 0.5) is 0 Å². The number of fused-ring (bicyclic) bond motifs is 1. The van der Waals surface area contributed by atoms with E-state index in [0.29, 0.717) is 11.1 Å². The van der Waals surface area contributed by atoms with Gasteiger partial charge in [-0.15, -0.1) is 16.9 Å². The minimum atomic E-state index is -4.40. The molecule has 2 amide bonds. The molecule has 2 aliphatic rings. The number of carbonyl (C=O) groups is 3. The minimum absolute atomic E-state index is 0.0285. The number of benzene rings is 3. The maximum Gasteiger partial charge on any atom is 0.352 e. The number of carbonyl (C=O) groups excluding carboxylic acids is 2. The van der Waals surface area contributed by atoms with Gasteiger partial charge in [0.15, 0.2) is 12.0 Å². The van der Waals surface area contributed by atoms with E-state index in [0.717, 1.165) is 47.5 Å². The van der Waals surface area contributed by atoms with Crippen molar-refractivity contribution >= 4 is 51.4 Å². The molecule has 1 saturated heterocycles. The second kappa shape index (κ2) is 18.9. The van der Waals surface area contributed by atoms with Gasteiger partial charge in [0.05, 0.1) is 0 Å². The average molecular weight is 783 g/mol. The lowest BCUT2D eigenvalue weighted by atomic mass is 10.0. The Kier molecular flexibility index (Phi) is 14.1. The van der Waals surface area contributed by atoms with E-state index in [-0.39, 0.29) is 22.4 Å². The molecular weight excluding hydrogens is 745 g/mol. The molecular formula is C34H38N8O8S3. The van der Waals surface area contributed by atoms with Crippen LogP contribution in [0.2, 0.25) is 0 Å². The summed E-state index contributed by atoms with van der Waals surface area (Å²) < 4.78 is 32.0. The van der Waals surface area contributed by atoms with E-state index in [1.165, 1.54) is 22.9 Å². The van der Waals surface area contributed by atoms with Crippen molar-refractivity contribution < 1.29 is 37.6 Å². The largest absolute Gasteiger partial charge is 0.477 e. The molecule has 3 aromatic carbocycles. The first kappa shape index (κ1) is 39.6. The van der Waals surface area contributed by atoms with Gasteiger partial charge in [0, 0.05) is 37.7 Å². The highest BCUT2D eigenvalue weighted by atomic mass is 32.2. The van der Waals surface area contributed by atoms with Crippen molar-refractivity contribution in [2.75, 3.05) is 24.6 Å². The molecule has 6 rings (SSSR count). The number of nitrogens with one attached hydrogen (secondary N) is 3. The van der Waals surface area contributed by atoms with Crippen LogP contribution >= 0.6 is 23.5 Å². The number of hydrogen-bond donors (Lipinski definition) is 6. The smallest absolute Gasteiger partial charge is 0.352 e. The predicted octanol–water partition coefficient (Wildman–Crippen LogP) is 1.65. The highest BCUT2D eigenvalue weighted by Crippen LogP contribution is 2.41.